The highest BCUT2D eigenvalue weighted by Gasteiger charge is 2.21. The van der Waals surface area contributed by atoms with Gasteiger partial charge in [-0.3, -0.25) is 4.79 Å². The molecular formula is C17H25NO3. The molecule has 0 bridgehead atoms. The van der Waals surface area contributed by atoms with Gasteiger partial charge in [-0.25, -0.2) is 0 Å². The Morgan fingerprint density at radius 3 is 2.52 bits per heavy atom. The molecule has 2 N–H and O–H groups in total. The number of nitrogens with one attached hydrogen (secondary N) is 1. The van der Waals surface area contributed by atoms with E-state index in [1.54, 1.807) is 19.1 Å². The van der Waals surface area contributed by atoms with Gasteiger partial charge in [0.15, 0.2) is 6.10 Å². The van der Waals surface area contributed by atoms with Crippen LogP contribution >= 0.6 is 0 Å². The predicted octanol–water partition coefficient (Wildman–Crippen LogP) is 2.96. The van der Waals surface area contributed by atoms with E-state index in [1.807, 2.05) is 19.1 Å². The first-order valence-electron chi connectivity index (χ1n) is 7.85. The topological polar surface area (TPSA) is 58.6 Å². The van der Waals surface area contributed by atoms with Crippen molar-refractivity contribution in [1.82, 2.24) is 5.32 Å². The Morgan fingerprint density at radius 2 is 1.95 bits per heavy atom. The minimum Gasteiger partial charge on any atom is -0.481 e. The molecule has 0 spiro atoms. The van der Waals surface area contributed by atoms with Crippen LogP contribution in [0.2, 0.25) is 0 Å². The second-order valence-corrected chi connectivity index (χ2v) is 5.74. The monoisotopic (exact) mass is 291 g/mol. The lowest BCUT2D eigenvalue weighted by molar-refractivity contribution is -0.127. The molecule has 0 aliphatic heterocycles. The highest BCUT2D eigenvalue weighted by atomic mass is 16.5. The fourth-order valence-electron chi connectivity index (χ4n) is 2.65. The largest absolute Gasteiger partial charge is 0.481 e. The first kappa shape index (κ1) is 15.8. The molecule has 1 unspecified atom stereocenters. The summed E-state index contributed by atoms with van der Waals surface area (Å²) >= 11 is 0. The summed E-state index contributed by atoms with van der Waals surface area (Å²) in [4.78, 5) is 12.0. The summed E-state index contributed by atoms with van der Waals surface area (Å²) in [7, 11) is 0. The smallest absolute Gasteiger partial charge is 0.260 e. The van der Waals surface area contributed by atoms with Gasteiger partial charge in [-0.2, -0.15) is 0 Å². The summed E-state index contributed by atoms with van der Waals surface area (Å²) < 4.78 is 5.66. The Kier molecular flexibility index (Phi) is 5.62. The van der Waals surface area contributed by atoms with Gasteiger partial charge in [0, 0.05) is 6.04 Å². The fourth-order valence-corrected chi connectivity index (χ4v) is 2.65. The summed E-state index contributed by atoms with van der Waals surface area (Å²) in [6.45, 7) is 3.70. The van der Waals surface area contributed by atoms with Crippen molar-refractivity contribution in [3.63, 3.8) is 0 Å². The summed E-state index contributed by atoms with van der Waals surface area (Å²) in [5, 5.41) is 12.8. The maximum atomic E-state index is 12.0. The maximum absolute atomic E-state index is 12.0. The number of carbonyl (C=O) groups excluding carboxylic acids is 1. The number of hydrogen-bond acceptors (Lipinski definition) is 3. The molecule has 2 atom stereocenters. The molecule has 0 saturated heterocycles. The molecule has 0 heterocycles. The van der Waals surface area contributed by atoms with Crippen LogP contribution in [0.5, 0.6) is 5.75 Å². The molecule has 0 aromatic heterocycles. The second-order valence-electron chi connectivity index (χ2n) is 5.74. The van der Waals surface area contributed by atoms with E-state index in [9.17, 15) is 9.90 Å². The minimum absolute atomic E-state index is 0.0560. The Balaban J connectivity index is 1.86. The Hall–Kier alpha value is -1.55. The molecule has 1 aromatic carbocycles. The molecule has 1 aromatic rings. The average Bonchev–Trinajstić information content (AvgIpc) is 3.00. The maximum Gasteiger partial charge on any atom is 0.260 e. The van der Waals surface area contributed by atoms with Crippen LogP contribution in [0.25, 0.3) is 0 Å². The quantitative estimate of drug-likeness (QED) is 0.847. The van der Waals surface area contributed by atoms with E-state index in [0.29, 0.717) is 18.2 Å². The van der Waals surface area contributed by atoms with Crippen LogP contribution in [0.1, 0.15) is 57.6 Å². The van der Waals surface area contributed by atoms with E-state index < -0.39 is 12.2 Å². The third-order valence-corrected chi connectivity index (χ3v) is 4.04. The zero-order valence-electron chi connectivity index (χ0n) is 12.8. The van der Waals surface area contributed by atoms with E-state index in [4.69, 9.17) is 4.74 Å². The molecule has 1 aliphatic carbocycles. The van der Waals surface area contributed by atoms with Crippen molar-refractivity contribution < 1.29 is 14.6 Å². The van der Waals surface area contributed by atoms with Gasteiger partial charge in [-0.05, 0) is 43.9 Å². The lowest BCUT2D eigenvalue weighted by Crippen LogP contribution is -2.41. The summed E-state index contributed by atoms with van der Waals surface area (Å²) in [6, 6.07) is 7.59. The molecule has 2 rings (SSSR count). The molecule has 1 amide bonds. The van der Waals surface area contributed by atoms with Gasteiger partial charge in [0.05, 0.1) is 6.10 Å². The average molecular weight is 291 g/mol. The second kappa shape index (κ2) is 7.46. The van der Waals surface area contributed by atoms with Crippen molar-refractivity contribution in [3.05, 3.63) is 29.8 Å². The van der Waals surface area contributed by atoms with E-state index in [0.717, 1.165) is 18.4 Å². The van der Waals surface area contributed by atoms with Gasteiger partial charge in [-0.1, -0.05) is 31.9 Å². The SMILES string of the molecule is CC[C@@H](O)c1ccc(OC(C)C(=O)NC2CCCC2)cc1. The first-order chi connectivity index (χ1) is 10.1. The van der Waals surface area contributed by atoms with Crippen LogP contribution in [0.3, 0.4) is 0 Å². The lowest BCUT2D eigenvalue weighted by Gasteiger charge is -2.18. The molecular weight excluding hydrogens is 266 g/mol. The molecule has 21 heavy (non-hydrogen) atoms. The molecule has 4 heteroatoms. The highest BCUT2D eigenvalue weighted by molar-refractivity contribution is 5.81. The predicted molar refractivity (Wildman–Crippen MR) is 82.2 cm³/mol. The van der Waals surface area contributed by atoms with Crippen molar-refractivity contribution in [3.8, 4) is 5.75 Å². The van der Waals surface area contributed by atoms with Gasteiger partial charge in [-0.15, -0.1) is 0 Å². The Labute approximate surface area is 126 Å². The van der Waals surface area contributed by atoms with Gasteiger partial charge >= 0.3 is 0 Å². The molecule has 4 nitrogen and oxygen atoms in total. The van der Waals surface area contributed by atoms with Crippen LogP contribution < -0.4 is 10.1 Å². The summed E-state index contributed by atoms with van der Waals surface area (Å²) in [5.41, 5.74) is 0.868. The van der Waals surface area contributed by atoms with E-state index in [-0.39, 0.29) is 5.91 Å². The number of aliphatic hydroxyl groups is 1. The number of carbonyl (C=O) groups is 1. The van der Waals surface area contributed by atoms with Crippen molar-refractivity contribution >= 4 is 5.91 Å². The van der Waals surface area contributed by atoms with Gasteiger partial charge in [0.1, 0.15) is 5.75 Å². The number of amides is 1. The van der Waals surface area contributed by atoms with Crippen LogP contribution in [0, 0.1) is 0 Å². The zero-order valence-corrected chi connectivity index (χ0v) is 12.8. The van der Waals surface area contributed by atoms with Crippen LogP contribution in [-0.2, 0) is 4.79 Å². The van der Waals surface area contributed by atoms with E-state index >= 15 is 0 Å². The summed E-state index contributed by atoms with van der Waals surface area (Å²) in [6.07, 6.45) is 4.27. The Bertz CT molecular complexity index is 452. The third-order valence-electron chi connectivity index (χ3n) is 4.04. The number of aliphatic hydroxyl groups excluding tert-OH is 1. The number of hydrogen-bond donors (Lipinski definition) is 2. The van der Waals surface area contributed by atoms with Crippen molar-refractivity contribution in [2.75, 3.05) is 0 Å². The number of ether oxygens (including phenoxy) is 1. The van der Waals surface area contributed by atoms with E-state index in [1.165, 1.54) is 12.8 Å². The summed E-state index contributed by atoms with van der Waals surface area (Å²) in [5.74, 6) is 0.593. The van der Waals surface area contributed by atoms with Crippen LogP contribution in [-0.4, -0.2) is 23.2 Å². The van der Waals surface area contributed by atoms with Crippen molar-refractivity contribution in [2.24, 2.45) is 0 Å². The molecule has 1 aliphatic rings. The normalized spacial score (nSPS) is 18.2. The fraction of sp³-hybridized carbons (Fsp3) is 0.588. The molecule has 1 fully saturated rings. The lowest BCUT2D eigenvalue weighted by atomic mass is 10.1. The Morgan fingerprint density at radius 1 is 1.33 bits per heavy atom. The molecule has 0 radical (unpaired) electrons. The minimum atomic E-state index is -0.507. The van der Waals surface area contributed by atoms with Crippen molar-refractivity contribution in [1.29, 1.82) is 0 Å². The van der Waals surface area contributed by atoms with Crippen LogP contribution in [0.15, 0.2) is 24.3 Å². The van der Waals surface area contributed by atoms with Gasteiger partial charge in [0.25, 0.3) is 5.91 Å². The molecule has 1 saturated carbocycles. The number of rotatable bonds is 6. The third kappa shape index (κ3) is 4.46. The van der Waals surface area contributed by atoms with Crippen LogP contribution in [0.4, 0.5) is 0 Å². The molecule has 116 valence electrons. The van der Waals surface area contributed by atoms with Crippen molar-refractivity contribution in [2.45, 2.75) is 64.2 Å². The highest BCUT2D eigenvalue weighted by Crippen LogP contribution is 2.21. The van der Waals surface area contributed by atoms with E-state index in [2.05, 4.69) is 5.32 Å². The first-order valence-corrected chi connectivity index (χ1v) is 7.85. The standard InChI is InChI=1S/C17H25NO3/c1-3-16(19)13-8-10-15(11-9-13)21-12(2)17(20)18-14-6-4-5-7-14/h8-12,14,16,19H,3-7H2,1-2H3,(H,18,20)/t12?,16-/m1/s1. The van der Waals surface area contributed by atoms with Gasteiger partial charge < -0.3 is 15.2 Å². The zero-order chi connectivity index (χ0) is 15.2. The number of benzene rings is 1. The van der Waals surface area contributed by atoms with Gasteiger partial charge in [0.2, 0.25) is 0 Å².